The number of para-hydroxylation sites is 2. The fourth-order valence-electron chi connectivity index (χ4n) is 2.21. The van der Waals surface area contributed by atoms with Crippen LogP contribution in [0.4, 0.5) is 11.4 Å². The molecule has 0 heterocycles. The van der Waals surface area contributed by atoms with Gasteiger partial charge in [0.15, 0.2) is 0 Å². The van der Waals surface area contributed by atoms with Crippen molar-refractivity contribution >= 4 is 46.4 Å². The summed E-state index contributed by atoms with van der Waals surface area (Å²) in [5.74, 6) is -0.422. The molecule has 0 aliphatic heterocycles. The number of hydrogen-bond acceptors (Lipinski definition) is 3. The molecule has 0 spiro atoms. The Bertz CT molecular complexity index is 940. The second-order valence-corrected chi connectivity index (χ2v) is 6.26. The number of ether oxygens (including phenoxy) is 1. The van der Waals surface area contributed by atoms with Gasteiger partial charge in [-0.25, -0.2) is 0 Å². The van der Waals surface area contributed by atoms with Crippen LogP contribution in [0, 0.1) is 0 Å². The van der Waals surface area contributed by atoms with Crippen molar-refractivity contribution < 1.29 is 14.3 Å². The van der Waals surface area contributed by atoms with Gasteiger partial charge in [0, 0.05) is 5.69 Å². The molecule has 27 heavy (non-hydrogen) atoms. The summed E-state index contributed by atoms with van der Waals surface area (Å²) in [5, 5.41) is 5.39. The van der Waals surface area contributed by atoms with E-state index in [0.29, 0.717) is 17.2 Å². The zero-order valence-corrected chi connectivity index (χ0v) is 15.4. The Hall–Kier alpha value is -3.02. The molecule has 3 aromatic rings. The monoisotopic (exact) mass is 400 g/mol. The molecular formula is C20H14Cl2N2O3. The first-order valence-corrected chi connectivity index (χ1v) is 8.68. The quantitative estimate of drug-likeness (QED) is 0.578. The van der Waals surface area contributed by atoms with Gasteiger partial charge in [-0.2, -0.15) is 0 Å². The highest BCUT2D eigenvalue weighted by molar-refractivity contribution is 6.46. The maximum Gasteiger partial charge on any atom is 0.314 e. The van der Waals surface area contributed by atoms with E-state index in [4.69, 9.17) is 27.9 Å². The van der Waals surface area contributed by atoms with Crippen LogP contribution in [0.5, 0.6) is 11.5 Å². The van der Waals surface area contributed by atoms with Gasteiger partial charge in [0.25, 0.3) is 0 Å². The number of rotatable bonds is 4. The van der Waals surface area contributed by atoms with E-state index in [1.165, 1.54) is 0 Å². The van der Waals surface area contributed by atoms with E-state index in [9.17, 15) is 9.59 Å². The summed E-state index contributed by atoms with van der Waals surface area (Å²) in [6, 6.07) is 20.7. The molecule has 3 rings (SSSR count). The van der Waals surface area contributed by atoms with E-state index in [0.717, 1.165) is 0 Å². The van der Waals surface area contributed by atoms with Gasteiger partial charge in [-0.1, -0.05) is 47.5 Å². The largest absolute Gasteiger partial charge is 0.457 e. The molecule has 5 nitrogen and oxygen atoms in total. The summed E-state index contributed by atoms with van der Waals surface area (Å²) in [4.78, 5) is 24.1. The minimum absolute atomic E-state index is 0.188. The van der Waals surface area contributed by atoms with Gasteiger partial charge < -0.3 is 15.4 Å². The lowest BCUT2D eigenvalue weighted by molar-refractivity contribution is -0.132. The Morgan fingerprint density at radius 1 is 0.667 bits per heavy atom. The first kappa shape index (κ1) is 18.8. The zero-order chi connectivity index (χ0) is 19.2. The second-order valence-electron chi connectivity index (χ2n) is 5.44. The number of carbonyl (C=O) groups is 2. The van der Waals surface area contributed by atoms with Crippen LogP contribution in [-0.2, 0) is 9.59 Å². The van der Waals surface area contributed by atoms with Crippen molar-refractivity contribution in [1.82, 2.24) is 0 Å². The van der Waals surface area contributed by atoms with Crippen LogP contribution in [0.25, 0.3) is 0 Å². The normalized spacial score (nSPS) is 10.1. The van der Waals surface area contributed by atoms with Gasteiger partial charge in [0.05, 0.1) is 15.7 Å². The molecule has 0 aliphatic carbocycles. The van der Waals surface area contributed by atoms with Crippen molar-refractivity contribution in [3.8, 4) is 11.5 Å². The Kier molecular flexibility index (Phi) is 5.96. The van der Waals surface area contributed by atoms with Crippen LogP contribution in [0.2, 0.25) is 10.0 Å². The molecule has 0 radical (unpaired) electrons. The van der Waals surface area contributed by atoms with E-state index in [1.54, 1.807) is 42.5 Å². The number of nitrogens with one attached hydrogen (secondary N) is 2. The van der Waals surface area contributed by atoms with Gasteiger partial charge in [-0.05, 0) is 48.5 Å². The number of amides is 2. The highest BCUT2D eigenvalue weighted by Gasteiger charge is 2.17. The Morgan fingerprint density at radius 2 is 1.22 bits per heavy atom. The van der Waals surface area contributed by atoms with Crippen molar-refractivity contribution in [2.75, 3.05) is 10.6 Å². The lowest BCUT2D eigenvalue weighted by Gasteiger charge is -2.10. The molecule has 0 saturated heterocycles. The van der Waals surface area contributed by atoms with Crippen LogP contribution in [0.15, 0.2) is 72.8 Å². The van der Waals surface area contributed by atoms with Gasteiger partial charge in [0.2, 0.25) is 0 Å². The molecule has 0 saturated carbocycles. The molecular weight excluding hydrogens is 387 g/mol. The molecule has 3 aromatic carbocycles. The molecule has 0 aromatic heterocycles. The Labute approximate surface area is 165 Å². The van der Waals surface area contributed by atoms with Crippen molar-refractivity contribution in [2.45, 2.75) is 0 Å². The van der Waals surface area contributed by atoms with Crippen LogP contribution >= 0.6 is 23.2 Å². The highest BCUT2D eigenvalue weighted by Crippen LogP contribution is 2.29. The third-order valence-electron chi connectivity index (χ3n) is 3.50. The summed E-state index contributed by atoms with van der Waals surface area (Å²) in [6.45, 7) is 0. The Morgan fingerprint density at radius 3 is 1.85 bits per heavy atom. The lowest BCUT2D eigenvalue weighted by Crippen LogP contribution is -2.29. The molecule has 0 atom stereocenters. The smallest absolute Gasteiger partial charge is 0.314 e. The lowest BCUT2D eigenvalue weighted by atomic mass is 10.3. The van der Waals surface area contributed by atoms with Crippen LogP contribution < -0.4 is 15.4 Å². The molecule has 0 unspecified atom stereocenters. The standard InChI is InChI=1S/C20H14Cl2N2O3/c21-16-7-4-8-17(22)18(16)24-20(26)19(25)23-13-9-11-15(12-10-13)27-14-5-2-1-3-6-14/h1-12H,(H,23,25)(H,24,26). The minimum atomic E-state index is -0.880. The summed E-state index contributed by atoms with van der Waals surface area (Å²) in [7, 11) is 0. The maximum atomic E-state index is 12.1. The average molecular weight is 401 g/mol. The number of carbonyl (C=O) groups excluding carboxylic acids is 2. The molecule has 0 bridgehead atoms. The third kappa shape index (κ3) is 5.00. The first-order chi connectivity index (χ1) is 13.0. The zero-order valence-electron chi connectivity index (χ0n) is 13.9. The van der Waals surface area contributed by atoms with Crippen LogP contribution in [0.1, 0.15) is 0 Å². The van der Waals surface area contributed by atoms with E-state index in [-0.39, 0.29) is 15.7 Å². The first-order valence-electron chi connectivity index (χ1n) is 7.92. The second kappa shape index (κ2) is 8.58. The molecule has 2 amide bonds. The van der Waals surface area contributed by atoms with Crippen LogP contribution in [-0.4, -0.2) is 11.8 Å². The number of hydrogen-bond donors (Lipinski definition) is 2. The van der Waals surface area contributed by atoms with Gasteiger partial charge >= 0.3 is 11.8 Å². The van der Waals surface area contributed by atoms with E-state index < -0.39 is 11.8 Å². The molecule has 0 fully saturated rings. The Balaban J connectivity index is 1.61. The van der Waals surface area contributed by atoms with Crippen LogP contribution in [0.3, 0.4) is 0 Å². The molecule has 2 N–H and O–H groups in total. The van der Waals surface area contributed by atoms with Crippen molar-refractivity contribution in [1.29, 1.82) is 0 Å². The van der Waals surface area contributed by atoms with Crippen molar-refractivity contribution in [3.05, 3.63) is 82.8 Å². The maximum absolute atomic E-state index is 12.1. The van der Waals surface area contributed by atoms with Gasteiger partial charge in [-0.3, -0.25) is 9.59 Å². The molecule has 7 heteroatoms. The SMILES string of the molecule is O=C(Nc1ccc(Oc2ccccc2)cc1)C(=O)Nc1c(Cl)cccc1Cl. The summed E-state index contributed by atoms with van der Waals surface area (Å²) in [6.07, 6.45) is 0. The predicted octanol–water partition coefficient (Wildman–Crippen LogP) is 5.36. The molecule has 0 aliphatic rings. The van der Waals surface area contributed by atoms with Crippen molar-refractivity contribution in [3.63, 3.8) is 0 Å². The fraction of sp³-hybridized carbons (Fsp3) is 0. The number of anilines is 2. The number of halogens is 2. The topological polar surface area (TPSA) is 67.4 Å². The average Bonchev–Trinajstić information content (AvgIpc) is 2.67. The number of benzene rings is 3. The van der Waals surface area contributed by atoms with Gasteiger partial charge in [0.1, 0.15) is 11.5 Å². The van der Waals surface area contributed by atoms with Gasteiger partial charge in [-0.15, -0.1) is 0 Å². The van der Waals surface area contributed by atoms with Crippen molar-refractivity contribution in [2.24, 2.45) is 0 Å². The van der Waals surface area contributed by atoms with E-state index in [2.05, 4.69) is 10.6 Å². The summed E-state index contributed by atoms with van der Waals surface area (Å²) in [5.41, 5.74) is 0.633. The van der Waals surface area contributed by atoms with E-state index >= 15 is 0 Å². The van der Waals surface area contributed by atoms with E-state index in [1.807, 2.05) is 30.3 Å². The minimum Gasteiger partial charge on any atom is -0.457 e. The molecule has 136 valence electrons. The summed E-state index contributed by atoms with van der Waals surface area (Å²) < 4.78 is 5.67. The third-order valence-corrected chi connectivity index (χ3v) is 4.13. The predicted molar refractivity (Wildman–Crippen MR) is 107 cm³/mol. The highest BCUT2D eigenvalue weighted by atomic mass is 35.5. The summed E-state index contributed by atoms with van der Waals surface area (Å²) >= 11 is 12.0. The fourth-order valence-corrected chi connectivity index (χ4v) is 2.70.